The van der Waals surface area contributed by atoms with Crippen molar-refractivity contribution in [3.05, 3.63) is 63.5 Å². The first-order valence-corrected chi connectivity index (χ1v) is 7.61. The van der Waals surface area contributed by atoms with Crippen LogP contribution in [0.25, 0.3) is 11.0 Å². The summed E-state index contributed by atoms with van der Waals surface area (Å²) in [5.74, 6) is -5.08. The number of carbonyl (C=O) groups excluding carboxylic acids is 2. The highest BCUT2D eigenvalue weighted by atomic mass is 16.3. The maximum atomic E-state index is 12.7. The maximum Gasteiger partial charge on any atom is 0.256 e. The van der Waals surface area contributed by atoms with Gasteiger partial charge in [-0.1, -0.05) is 12.1 Å². The van der Waals surface area contributed by atoms with Crippen molar-refractivity contribution in [1.82, 2.24) is 0 Å². The van der Waals surface area contributed by atoms with Gasteiger partial charge < -0.3 is 31.2 Å². The normalized spacial score (nSPS) is 12.0. The molecule has 0 spiro atoms. The molecular weight excluding hydrogens is 356 g/mol. The van der Waals surface area contributed by atoms with E-state index in [-0.39, 0.29) is 22.3 Å². The Morgan fingerprint density at radius 3 is 2.11 bits per heavy atom. The topological polar surface area (TPSA) is 177 Å². The second kappa shape index (κ2) is 6.37. The molecule has 1 heterocycles. The van der Waals surface area contributed by atoms with Crippen LogP contribution in [0.1, 0.15) is 27.6 Å². The summed E-state index contributed by atoms with van der Waals surface area (Å²) >= 11 is 0. The van der Waals surface area contributed by atoms with Gasteiger partial charge in [-0.15, -0.1) is 0 Å². The van der Waals surface area contributed by atoms with Gasteiger partial charge >= 0.3 is 0 Å². The largest absolute Gasteiger partial charge is 0.508 e. The summed E-state index contributed by atoms with van der Waals surface area (Å²) in [5.41, 5.74) is 9.33. The fraction of sp³-hybridized carbons (Fsp3) is 0.0556. The number of hydrogen-bond acceptors (Lipinski definition) is 7. The zero-order valence-electron chi connectivity index (χ0n) is 13.7. The number of amides is 2. The number of carbonyl (C=O) groups is 2. The van der Waals surface area contributed by atoms with Gasteiger partial charge in [0.1, 0.15) is 28.6 Å². The number of phenols is 3. The summed E-state index contributed by atoms with van der Waals surface area (Å²) in [6.45, 7) is 0. The van der Waals surface area contributed by atoms with E-state index in [1.54, 1.807) is 0 Å². The molecule has 0 aliphatic heterocycles. The van der Waals surface area contributed by atoms with Crippen molar-refractivity contribution in [1.29, 1.82) is 0 Å². The Morgan fingerprint density at radius 1 is 0.963 bits per heavy atom. The minimum absolute atomic E-state index is 0.0718. The molecule has 3 rings (SSSR count). The van der Waals surface area contributed by atoms with Crippen LogP contribution in [0.5, 0.6) is 17.2 Å². The smallest absolute Gasteiger partial charge is 0.256 e. The highest BCUT2D eigenvalue weighted by Crippen LogP contribution is 2.33. The number of phenolic OH excluding ortho intramolecular Hbond substituents is 3. The van der Waals surface area contributed by atoms with Crippen molar-refractivity contribution in [3.8, 4) is 17.2 Å². The zero-order chi connectivity index (χ0) is 19.9. The Balaban J connectivity index is 2.40. The van der Waals surface area contributed by atoms with Gasteiger partial charge in [0, 0.05) is 6.07 Å². The molecule has 1 aromatic heterocycles. The predicted octanol–water partition coefficient (Wildman–Crippen LogP) is 0.626. The summed E-state index contributed by atoms with van der Waals surface area (Å²) in [5, 5.41) is 28.5. The van der Waals surface area contributed by atoms with Crippen LogP contribution in [-0.4, -0.2) is 27.1 Å². The molecule has 0 radical (unpaired) electrons. The lowest BCUT2D eigenvalue weighted by atomic mass is 9.91. The van der Waals surface area contributed by atoms with Crippen molar-refractivity contribution in [2.75, 3.05) is 0 Å². The van der Waals surface area contributed by atoms with E-state index in [0.29, 0.717) is 0 Å². The van der Waals surface area contributed by atoms with E-state index in [4.69, 9.17) is 15.9 Å². The number of fused-ring (bicyclic) bond motifs is 1. The number of nitrogens with two attached hydrogens (primary N) is 2. The van der Waals surface area contributed by atoms with Crippen LogP contribution >= 0.6 is 0 Å². The molecule has 9 heteroatoms. The third kappa shape index (κ3) is 3.01. The van der Waals surface area contributed by atoms with Gasteiger partial charge in [-0.3, -0.25) is 14.4 Å². The molecular formula is C18H14N2O7. The first-order chi connectivity index (χ1) is 12.7. The van der Waals surface area contributed by atoms with Gasteiger partial charge in [0.25, 0.3) is 5.91 Å². The summed E-state index contributed by atoms with van der Waals surface area (Å²) in [4.78, 5) is 36.7. The number of benzene rings is 2. The van der Waals surface area contributed by atoms with E-state index >= 15 is 0 Å². The first kappa shape index (κ1) is 17.8. The molecule has 1 unspecified atom stereocenters. The number of hydrogen-bond donors (Lipinski definition) is 5. The molecule has 2 amide bonds. The average molecular weight is 370 g/mol. The summed E-state index contributed by atoms with van der Waals surface area (Å²) < 4.78 is 5.54. The fourth-order valence-electron chi connectivity index (χ4n) is 2.78. The molecule has 0 bridgehead atoms. The van der Waals surface area contributed by atoms with Crippen molar-refractivity contribution in [2.24, 2.45) is 11.5 Å². The third-order valence-electron chi connectivity index (χ3n) is 4.03. The van der Waals surface area contributed by atoms with Gasteiger partial charge in [0.2, 0.25) is 11.3 Å². The van der Waals surface area contributed by atoms with E-state index in [1.165, 1.54) is 24.3 Å². The number of primary amides is 2. The zero-order valence-corrected chi connectivity index (χ0v) is 13.7. The molecule has 0 aliphatic carbocycles. The van der Waals surface area contributed by atoms with Gasteiger partial charge in [-0.05, 0) is 23.8 Å². The molecule has 0 fully saturated rings. The third-order valence-corrected chi connectivity index (χ3v) is 4.03. The predicted molar refractivity (Wildman–Crippen MR) is 93.5 cm³/mol. The molecule has 0 aliphatic rings. The van der Waals surface area contributed by atoms with E-state index in [2.05, 4.69) is 0 Å². The van der Waals surface area contributed by atoms with Crippen LogP contribution < -0.4 is 16.9 Å². The molecule has 27 heavy (non-hydrogen) atoms. The quantitative estimate of drug-likeness (QED) is 0.418. The Kier molecular flexibility index (Phi) is 4.20. The van der Waals surface area contributed by atoms with Crippen LogP contribution in [0.15, 0.2) is 45.6 Å². The van der Waals surface area contributed by atoms with Crippen LogP contribution in [0.4, 0.5) is 0 Å². The van der Waals surface area contributed by atoms with Crippen molar-refractivity contribution < 1.29 is 29.3 Å². The van der Waals surface area contributed by atoms with E-state index in [1.807, 2.05) is 0 Å². The number of aromatic hydroxyl groups is 3. The lowest BCUT2D eigenvalue weighted by Crippen LogP contribution is -2.30. The van der Waals surface area contributed by atoms with Crippen LogP contribution in [0, 0.1) is 0 Å². The molecule has 9 nitrogen and oxygen atoms in total. The van der Waals surface area contributed by atoms with E-state index < -0.39 is 46.0 Å². The van der Waals surface area contributed by atoms with Crippen molar-refractivity contribution >= 4 is 22.8 Å². The number of rotatable bonds is 4. The highest BCUT2D eigenvalue weighted by Gasteiger charge is 2.31. The van der Waals surface area contributed by atoms with Gasteiger partial charge in [-0.2, -0.15) is 0 Å². The lowest BCUT2D eigenvalue weighted by molar-refractivity contribution is -0.118. The summed E-state index contributed by atoms with van der Waals surface area (Å²) in [7, 11) is 0. The maximum absolute atomic E-state index is 12.7. The molecule has 138 valence electrons. The summed E-state index contributed by atoms with van der Waals surface area (Å²) in [6, 6.07) is 7.21. The van der Waals surface area contributed by atoms with Crippen LogP contribution in [-0.2, 0) is 4.79 Å². The van der Waals surface area contributed by atoms with Gasteiger partial charge in [0.15, 0.2) is 11.5 Å². The van der Waals surface area contributed by atoms with Crippen LogP contribution in [0.3, 0.4) is 0 Å². The standard InChI is InChI=1S/C18H14N2O7/c19-17(25)13(7-1-3-8(21)4-2-7)16-14(18(20)26)15(24)9-5-10(22)11(23)6-12(9)27-16/h1-6,13,21-23H,(H2,19,25)(H2,20,26). The van der Waals surface area contributed by atoms with Crippen LogP contribution in [0.2, 0.25) is 0 Å². The Bertz CT molecular complexity index is 1130. The second-order valence-electron chi connectivity index (χ2n) is 5.80. The molecule has 0 saturated heterocycles. The van der Waals surface area contributed by atoms with Crippen molar-refractivity contribution in [2.45, 2.75) is 5.92 Å². The SMILES string of the molecule is NC(=O)c1c(C(C(N)=O)c2ccc(O)cc2)oc2cc(O)c(O)cc2c1=O. The lowest BCUT2D eigenvalue weighted by Gasteiger charge is -2.16. The Hall–Kier alpha value is -4.01. The van der Waals surface area contributed by atoms with E-state index in [0.717, 1.165) is 12.1 Å². The highest BCUT2D eigenvalue weighted by molar-refractivity contribution is 5.99. The van der Waals surface area contributed by atoms with Gasteiger partial charge in [0.05, 0.1) is 5.39 Å². The first-order valence-electron chi connectivity index (χ1n) is 7.61. The molecule has 2 aromatic carbocycles. The minimum Gasteiger partial charge on any atom is -0.508 e. The second-order valence-corrected chi connectivity index (χ2v) is 5.80. The Labute approximate surface area is 151 Å². The molecule has 7 N–H and O–H groups in total. The fourth-order valence-corrected chi connectivity index (χ4v) is 2.78. The molecule has 1 atom stereocenters. The Morgan fingerprint density at radius 2 is 1.56 bits per heavy atom. The van der Waals surface area contributed by atoms with E-state index in [9.17, 15) is 29.7 Å². The minimum atomic E-state index is -1.36. The summed E-state index contributed by atoms with van der Waals surface area (Å²) in [6.07, 6.45) is 0. The molecule has 0 saturated carbocycles. The van der Waals surface area contributed by atoms with Crippen molar-refractivity contribution in [3.63, 3.8) is 0 Å². The monoisotopic (exact) mass is 370 g/mol. The van der Waals surface area contributed by atoms with Gasteiger partial charge in [-0.25, -0.2) is 0 Å². The average Bonchev–Trinajstić information content (AvgIpc) is 2.58. The molecule has 3 aromatic rings.